The zero-order valence-electron chi connectivity index (χ0n) is 20.9. The summed E-state index contributed by atoms with van der Waals surface area (Å²) in [6.45, 7) is -0.450. The van der Waals surface area contributed by atoms with Crippen LogP contribution < -0.4 is 10.1 Å². The van der Waals surface area contributed by atoms with Gasteiger partial charge in [-0.3, -0.25) is 9.78 Å². The monoisotopic (exact) mass is 593 g/mol. The molecule has 4 aromatic rings. The number of carbonyl (C=O) groups excluding carboxylic acids is 1. The third-order valence-electron chi connectivity index (χ3n) is 6.00. The number of pyridine rings is 2. The first-order valence-electron chi connectivity index (χ1n) is 11.9. The maximum atomic E-state index is 14.2. The number of fused-ring (bicyclic) bond motifs is 2. The van der Waals surface area contributed by atoms with Crippen LogP contribution in [-0.4, -0.2) is 66.5 Å². The van der Waals surface area contributed by atoms with Crippen molar-refractivity contribution in [1.29, 1.82) is 0 Å². The molecule has 3 aromatic heterocycles. The second kappa shape index (κ2) is 11.4. The molecule has 0 fully saturated rings. The third-order valence-corrected chi connectivity index (χ3v) is 8.12. The molecule has 1 aliphatic heterocycles. The number of benzene rings is 1. The number of sulfone groups is 1. The van der Waals surface area contributed by atoms with E-state index in [1.807, 2.05) is 0 Å². The highest BCUT2D eigenvalue weighted by Crippen LogP contribution is 2.32. The average Bonchev–Trinajstić information content (AvgIpc) is 3.26. The van der Waals surface area contributed by atoms with Gasteiger partial charge >= 0.3 is 0 Å². The molecule has 4 heterocycles. The summed E-state index contributed by atoms with van der Waals surface area (Å²) in [5.74, 6) is -1.16. The van der Waals surface area contributed by atoms with E-state index in [1.54, 1.807) is 24.4 Å². The molecule has 5 rings (SSSR count). The maximum Gasteiger partial charge on any atom is 0.269 e. The molecule has 0 aliphatic carbocycles. The van der Waals surface area contributed by atoms with Crippen LogP contribution in [0.3, 0.4) is 0 Å². The first kappa shape index (κ1) is 27.8. The molecule has 0 spiro atoms. The number of hydrogen-bond acceptors (Lipinski definition) is 9. The van der Waals surface area contributed by atoms with Crippen LogP contribution in [0, 0.1) is 5.82 Å². The number of aromatic nitrogens is 4. The van der Waals surface area contributed by atoms with E-state index in [9.17, 15) is 22.0 Å². The van der Waals surface area contributed by atoms with E-state index in [4.69, 9.17) is 25.8 Å². The Morgan fingerprint density at radius 1 is 1.27 bits per heavy atom. The van der Waals surface area contributed by atoms with E-state index < -0.39 is 33.7 Å². The molecule has 40 heavy (non-hydrogen) atoms. The lowest BCUT2D eigenvalue weighted by molar-refractivity contribution is 0.0947. The average molecular weight is 594 g/mol. The molecular formula is C25H22ClF2N5O6S. The number of halogens is 3. The molecule has 1 N–H and O–H groups in total. The topological polar surface area (TPSA) is 135 Å². The van der Waals surface area contributed by atoms with Gasteiger partial charge in [-0.2, -0.15) is 4.39 Å². The number of hydrogen-bond donors (Lipinski definition) is 1. The number of rotatable bonds is 8. The molecule has 0 radical (unpaired) electrons. The van der Waals surface area contributed by atoms with Crippen LogP contribution in [-0.2, 0) is 32.5 Å². The van der Waals surface area contributed by atoms with Gasteiger partial charge in [0.15, 0.2) is 5.82 Å². The first-order valence-corrected chi connectivity index (χ1v) is 13.8. The highest BCUT2D eigenvalue weighted by atomic mass is 35.5. The number of amides is 1. The minimum absolute atomic E-state index is 0.0248. The molecule has 1 aromatic carbocycles. The van der Waals surface area contributed by atoms with Crippen molar-refractivity contribution in [1.82, 2.24) is 25.1 Å². The van der Waals surface area contributed by atoms with Gasteiger partial charge in [0.05, 0.1) is 48.7 Å². The second-order valence-electron chi connectivity index (χ2n) is 8.69. The van der Waals surface area contributed by atoms with Crippen molar-refractivity contribution in [3.8, 4) is 11.7 Å². The number of nitrogens with one attached hydrogen (secondary N) is 1. The standard InChI is InChI=1S/C25H22ClF2N5O6S/c1-37-4-5-39-25-19(27)11-33(32-25)23-3-2-14-9-29-16(8-20(14)31-23)10-30-24(34)15-6-18(26)17-12-38-13-22(28)40(35,36)21(17)7-15/h2-3,6-9,11,22H,4-5,10,12-13H2,1H3,(H,30,34)/t22-/m1/s1. The number of carbonyl (C=O) groups is 1. The zero-order valence-corrected chi connectivity index (χ0v) is 22.5. The summed E-state index contributed by atoms with van der Waals surface area (Å²) in [6.07, 6.45) is 2.70. The van der Waals surface area contributed by atoms with Gasteiger partial charge in [-0.1, -0.05) is 11.6 Å². The second-order valence-corrected chi connectivity index (χ2v) is 11.1. The predicted octanol–water partition coefficient (Wildman–Crippen LogP) is 3.16. The third kappa shape index (κ3) is 5.61. The van der Waals surface area contributed by atoms with E-state index in [1.165, 1.54) is 17.9 Å². The minimum Gasteiger partial charge on any atom is -0.472 e. The van der Waals surface area contributed by atoms with Crippen LogP contribution in [0.1, 0.15) is 21.6 Å². The molecule has 0 saturated carbocycles. The van der Waals surface area contributed by atoms with Gasteiger partial charge in [0.2, 0.25) is 21.2 Å². The Kier molecular flexibility index (Phi) is 7.94. The molecule has 0 saturated heterocycles. The van der Waals surface area contributed by atoms with E-state index in [2.05, 4.69) is 20.4 Å². The van der Waals surface area contributed by atoms with Crippen LogP contribution in [0.25, 0.3) is 16.7 Å². The van der Waals surface area contributed by atoms with Crippen molar-refractivity contribution >= 4 is 38.2 Å². The summed E-state index contributed by atoms with van der Waals surface area (Å²) in [4.78, 5) is 21.3. The molecule has 0 unspecified atom stereocenters. The maximum absolute atomic E-state index is 14.2. The largest absolute Gasteiger partial charge is 0.472 e. The number of methoxy groups -OCH3 is 1. The van der Waals surface area contributed by atoms with Gasteiger partial charge in [-0.05, 0) is 30.3 Å². The molecule has 0 bridgehead atoms. The summed E-state index contributed by atoms with van der Waals surface area (Å²) in [6, 6.07) is 7.39. The lowest BCUT2D eigenvalue weighted by Gasteiger charge is -2.12. The van der Waals surface area contributed by atoms with Crippen molar-refractivity contribution in [3.05, 3.63) is 70.4 Å². The zero-order chi connectivity index (χ0) is 28.4. The molecule has 11 nitrogen and oxygen atoms in total. The highest BCUT2D eigenvalue weighted by Gasteiger charge is 2.34. The summed E-state index contributed by atoms with van der Waals surface area (Å²) < 4.78 is 70.0. The van der Waals surface area contributed by atoms with Crippen molar-refractivity contribution < 1.29 is 36.2 Å². The highest BCUT2D eigenvalue weighted by molar-refractivity contribution is 7.92. The Hall–Kier alpha value is -3.72. The molecule has 15 heteroatoms. The molecule has 1 atom stereocenters. The first-order chi connectivity index (χ1) is 19.2. The Labute approximate surface area is 231 Å². The minimum atomic E-state index is -4.38. The summed E-state index contributed by atoms with van der Waals surface area (Å²) in [7, 11) is -2.88. The Bertz CT molecular complexity index is 1700. The van der Waals surface area contributed by atoms with E-state index in [-0.39, 0.29) is 53.3 Å². The van der Waals surface area contributed by atoms with Crippen LogP contribution in [0.5, 0.6) is 5.88 Å². The summed E-state index contributed by atoms with van der Waals surface area (Å²) in [5, 5.41) is 7.39. The molecule has 210 valence electrons. The predicted molar refractivity (Wildman–Crippen MR) is 138 cm³/mol. The van der Waals surface area contributed by atoms with E-state index in [0.29, 0.717) is 22.4 Å². The molecule has 1 aliphatic rings. The van der Waals surface area contributed by atoms with E-state index >= 15 is 0 Å². The number of alkyl halides is 1. The smallest absolute Gasteiger partial charge is 0.269 e. The van der Waals surface area contributed by atoms with Crippen LogP contribution in [0.2, 0.25) is 5.02 Å². The summed E-state index contributed by atoms with van der Waals surface area (Å²) in [5.41, 5.74) is -1.29. The van der Waals surface area contributed by atoms with Gasteiger partial charge in [-0.25, -0.2) is 22.5 Å². The Morgan fingerprint density at radius 2 is 2.10 bits per heavy atom. The van der Waals surface area contributed by atoms with Gasteiger partial charge in [0.25, 0.3) is 11.8 Å². The molecular weight excluding hydrogens is 572 g/mol. The fraction of sp³-hybridized carbons (Fsp3) is 0.280. The van der Waals surface area contributed by atoms with Crippen molar-refractivity contribution in [3.63, 3.8) is 0 Å². The fourth-order valence-corrected chi connectivity index (χ4v) is 5.62. The van der Waals surface area contributed by atoms with Gasteiger partial charge in [0, 0.05) is 34.8 Å². The van der Waals surface area contributed by atoms with Crippen LogP contribution in [0.4, 0.5) is 8.78 Å². The quantitative estimate of drug-likeness (QED) is 0.306. The van der Waals surface area contributed by atoms with Crippen molar-refractivity contribution in [2.24, 2.45) is 0 Å². The van der Waals surface area contributed by atoms with Gasteiger partial charge < -0.3 is 19.5 Å². The van der Waals surface area contributed by atoms with E-state index in [0.717, 1.165) is 12.3 Å². The SMILES string of the molecule is COCCOc1nn(-c2ccc3cnc(CNC(=O)c4cc(Cl)c5c(c4)S(=O)(=O)[C@@H](F)COC5)cc3n2)cc1F. The van der Waals surface area contributed by atoms with Crippen LogP contribution in [0.15, 0.2) is 47.6 Å². The normalized spacial score (nSPS) is 16.4. The lowest BCUT2D eigenvalue weighted by Crippen LogP contribution is -2.24. The molecule has 1 amide bonds. The summed E-state index contributed by atoms with van der Waals surface area (Å²) >= 11 is 6.22. The van der Waals surface area contributed by atoms with Gasteiger partial charge in [-0.15, -0.1) is 5.10 Å². The number of ether oxygens (including phenoxy) is 3. The van der Waals surface area contributed by atoms with Crippen molar-refractivity contribution in [2.45, 2.75) is 23.6 Å². The fourth-order valence-electron chi connectivity index (χ4n) is 3.94. The van der Waals surface area contributed by atoms with Crippen molar-refractivity contribution in [2.75, 3.05) is 26.9 Å². The Morgan fingerprint density at radius 3 is 2.90 bits per heavy atom. The number of nitrogens with zero attached hydrogens (tertiary/aromatic N) is 4. The lowest BCUT2D eigenvalue weighted by atomic mass is 10.1. The van der Waals surface area contributed by atoms with Crippen LogP contribution >= 0.6 is 11.6 Å². The van der Waals surface area contributed by atoms with Gasteiger partial charge in [0.1, 0.15) is 6.61 Å². The Balaban J connectivity index is 1.34.